The molecule has 2 amide bonds. The zero-order valence-corrected chi connectivity index (χ0v) is 19.6. The van der Waals surface area contributed by atoms with E-state index in [9.17, 15) is 9.59 Å². The van der Waals surface area contributed by atoms with E-state index in [1.54, 1.807) is 30.0 Å². The van der Waals surface area contributed by atoms with Crippen LogP contribution < -0.4 is 5.32 Å². The van der Waals surface area contributed by atoms with Crippen molar-refractivity contribution in [2.75, 3.05) is 0 Å². The highest BCUT2D eigenvalue weighted by atomic mass is 35.5. The molecule has 0 fully saturated rings. The molecule has 1 N–H and O–H groups in total. The summed E-state index contributed by atoms with van der Waals surface area (Å²) >= 11 is 12.7. The van der Waals surface area contributed by atoms with Crippen LogP contribution in [0.5, 0.6) is 0 Å². The third-order valence-corrected chi connectivity index (χ3v) is 6.01. The molecule has 2 rings (SSSR count). The molecule has 0 saturated carbocycles. The lowest BCUT2D eigenvalue weighted by Gasteiger charge is -2.30. The van der Waals surface area contributed by atoms with Gasteiger partial charge in [0.1, 0.15) is 6.04 Å². The second-order valence-electron chi connectivity index (χ2n) is 7.70. The minimum Gasteiger partial charge on any atom is -0.352 e. The molecule has 2 aromatic rings. The minimum atomic E-state index is -0.642. The predicted octanol–water partition coefficient (Wildman–Crippen LogP) is 5.57. The molecule has 0 radical (unpaired) electrons. The largest absolute Gasteiger partial charge is 0.352 e. The summed E-state index contributed by atoms with van der Waals surface area (Å²) < 4.78 is 0. The number of aryl methyl sites for hydroxylation is 2. The molecule has 0 unspecified atom stereocenters. The van der Waals surface area contributed by atoms with Crippen LogP contribution in [-0.4, -0.2) is 28.8 Å². The Kier molecular flexibility index (Phi) is 9.19. The fraction of sp³-hybridized carbons (Fsp3) is 0.417. The number of rotatable bonds is 9. The van der Waals surface area contributed by atoms with Crippen LogP contribution in [0.3, 0.4) is 0 Å². The van der Waals surface area contributed by atoms with Gasteiger partial charge < -0.3 is 10.2 Å². The van der Waals surface area contributed by atoms with Gasteiger partial charge in [0.2, 0.25) is 11.8 Å². The number of carbonyl (C=O) groups excluding carboxylic acids is 2. The topological polar surface area (TPSA) is 49.4 Å². The summed E-state index contributed by atoms with van der Waals surface area (Å²) in [7, 11) is 0. The van der Waals surface area contributed by atoms with Crippen molar-refractivity contribution in [1.82, 2.24) is 10.2 Å². The standard InChI is InChI=1S/C24H30Cl2N2O2/c1-5-17(3)27-24(30)18(4)28(15-20-21(25)7-6-8-22(20)26)23(29)14-13-19-11-9-16(2)10-12-19/h6-12,17-18H,5,13-15H2,1-4H3,(H,27,30)/t17-,18-/m0/s1. The molecule has 0 aliphatic carbocycles. The molecule has 6 heteroatoms. The highest BCUT2D eigenvalue weighted by Crippen LogP contribution is 2.27. The highest BCUT2D eigenvalue weighted by molar-refractivity contribution is 6.36. The fourth-order valence-electron chi connectivity index (χ4n) is 3.05. The second kappa shape index (κ2) is 11.4. The average molecular weight is 449 g/mol. The number of amides is 2. The van der Waals surface area contributed by atoms with E-state index in [1.807, 2.05) is 45.0 Å². The lowest BCUT2D eigenvalue weighted by atomic mass is 10.1. The Labute approximate surface area is 189 Å². The molecular weight excluding hydrogens is 419 g/mol. The van der Waals surface area contributed by atoms with Crippen LogP contribution in [0.15, 0.2) is 42.5 Å². The molecule has 162 valence electrons. The monoisotopic (exact) mass is 448 g/mol. The Morgan fingerprint density at radius 1 is 1.03 bits per heavy atom. The van der Waals surface area contributed by atoms with Crippen LogP contribution in [0.4, 0.5) is 0 Å². The van der Waals surface area contributed by atoms with Crippen LogP contribution >= 0.6 is 23.2 Å². The van der Waals surface area contributed by atoms with Gasteiger partial charge in [-0.2, -0.15) is 0 Å². The summed E-state index contributed by atoms with van der Waals surface area (Å²) in [6.07, 6.45) is 1.72. The van der Waals surface area contributed by atoms with Gasteiger partial charge in [0.15, 0.2) is 0 Å². The molecule has 4 nitrogen and oxygen atoms in total. The predicted molar refractivity (Wildman–Crippen MR) is 124 cm³/mol. The quantitative estimate of drug-likeness (QED) is 0.545. The Morgan fingerprint density at radius 3 is 2.20 bits per heavy atom. The van der Waals surface area contributed by atoms with E-state index in [4.69, 9.17) is 23.2 Å². The summed E-state index contributed by atoms with van der Waals surface area (Å²) in [6.45, 7) is 7.90. The number of carbonyl (C=O) groups is 2. The Bertz CT molecular complexity index is 848. The number of hydrogen-bond acceptors (Lipinski definition) is 2. The Balaban J connectivity index is 2.21. The maximum Gasteiger partial charge on any atom is 0.242 e. The van der Waals surface area contributed by atoms with Gasteiger partial charge in [0.05, 0.1) is 0 Å². The van der Waals surface area contributed by atoms with E-state index in [0.717, 1.165) is 12.0 Å². The number of nitrogens with one attached hydrogen (secondary N) is 1. The van der Waals surface area contributed by atoms with Gasteiger partial charge in [0, 0.05) is 34.6 Å². The smallest absolute Gasteiger partial charge is 0.242 e. The van der Waals surface area contributed by atoms with Gasteiger partial charge in [0.25, 0.3) is 0 Å². The van der Waals surface area contributed by atoms with Crippen molar-refractivity contribution in [1.29, 1.82) is 0 Å². The summed E-state index contributed by atoms with van der Waals surface area (Å²) in [5.74, 6) is -0.297. The molecule has 0 spiro atoms. The number of hydrogen-bond donors (Lipinski definition) is 1. The second-order valence-corrected chi connectivity index (χ2v) is 8.52. The number of benzene rings is 2. The van der Waals surface area contributed by atoms with Crippen molar-refractivity contribution in [2.45, 2.75) is 65.6 Å². The van der Waals surface area contributed by atoms with Crippen LogP contribution in [-0.2, 0) is 22.6 Å². The van der Waals surface area contributed by atoms with Crippen molar-refractivity contribution in [3.63, 3.8) is 0 Å². The highest BCUT2D eigenvalue weighted by Gasteiger charge is 2.27. The summed E-state index contributed by atoms with van der Waals surface area (Å²) in [6, 6.07) is 12.7. The Morgan fingerprint density at radius 2 is 1.63 bits per heavy atom. The number of halogens is 2. The lowest BCUT2D eigenvalue weighted by Crippen LogP contribution is -2.49. The zero-order valence-electron chi connectivity index (χ0n) is 18.0. The van der Waals surface area contributed by atoms with Crippen LogP contribution in [0.2, 0.25) is 10.0 Å². The van der Waals surface area contributed by atoms with Crippen molar-refractivity contribution in [3.8, 4) is 0 Å². The molecule has 0 saturated heterocycles. The normalized spacial score (nSPS) is 12.9. The van der Waals surface area contributed by atoms with Crippen molar-refractivity contribution < 1.29 is 9.59 Å². The van der Waals surface area contributed by atoms with Crippen LogP contribution in [0.25, 0.3) is 0 Å². The van der Waals surface area contributed by atoms with E-state index in [1.165, 1.54) is 5.56 Å². The van der Waals surface area contributed by atoms with Crippen molar-refractivity contribution in [3.05, 3.63) is 69.2 Å². The zero-order chi connectivity index (χ0) is 22.3. The third-order valence-electron chi connectivity index (χ3n) is 5.31. The first-order valence-electron chi connectivity index (χ1n) is 10.3. The molecule has 0 heterocycles. The molecule has 0 aliphatic heterocycles. The van der Waals surface area contributed by atoms with Gasteiger partial charge in [-0.15, -0.1) is 0 Å². The van der Waals surface area contributed by atoms with E-state index < -0.39 is 6.04 Å². The van der Waals surface area contributed by atoms with Crippen molar-refractivity contribution in [2.24, 2.45) is 0 Å². The first kappa shape index (κ1) is 24.2. The molecule has 0 bridgehead atoms. The minimum absolute atomic E-state index is 0.0355. The van der Waals surface area contributed by atoms with Crippen molar-refractivity contribution >= 4 is 35.0 Å². The SMILES string of the molecule is CC[C@H](C)NC(=O)[C@H](C)N(Cc1c(Cl)cccc1Cl)C(=O)CCc1ccc(C)cc1. The van der Waals surface area contributed by atoms with E-state index in [-0.39, 0.29) is 24.4 Å². The van der Waals surface area contributed by atoms with E-state index in [2.05, 4.69) is 5.32 Å². The number of nitrogens with zero attached hydrogens (tertiary/aromatic N) is 1. The third kappa shape index (κ3) is 6.75. The molecule has 0 aliphatic rings. The molecule has 2 atom stereocenters. The summed E-state index contributed by atoms with van der Waals surface area (Å²) in [4.78, 5) is 27.5. The Hall–Kier alpha value is -2.04. The molecular formula is C24H30Cl2N2O2. The van der Waals surface area contributed by atoms with Crippen LogP contribution in [0, 0.1) is 6.92 Å². The fourth-order valence-corrected chi connectivity index (χ4v) is 3.57. The van der Waals surface area contributed by atoms with Gasteiger partial charge in [-0.3, -0.25) is 9.59 Å². The maximum atomic E-state index is 13.2. The average Bonchev–Trinajstić information content (AvgIpc) is 2.72. The summed E-state index contributed by atoms with van der Waals surface area (Å²) in [5, 5.41) is 3.92. The van der Waals surface area contributed by atoms with E-state index in [0.29, 0.717) is 28.5 Å². The van der Waals surface area contributed by atoms with Crippen LogP contribution in [0.1, 0.15) is 50.3 Å². The molecule has 30 heavy (non-hydrogen) atoms. The first-order chi connectivity index (χ1) is 14.2. The molecule has 0 aromatic heterocycles. The summed E-state index contributed by atoms with van der Waals surface area (Å²) in [5.41, 5.74) is 2.91. The van der Waals surface area contributed by atoms with Gasteiger partial charge in [-0.25, -0.2) is 0 Å². The molecule has 2 aromatic carbocycles. The van der Waals surface area contributed by atoms with Gasteiger partial charge in [-0.1, -0.05) is 66.0 Å². The van der Waals surface area contributed by atoms with Gasteiger partial charge in [-0.05, 0) is 51.3 Å². The maximum absolute atomic E-state index is 13.2. The van der Waals surface area contributed by atoms with E-state index >= 15 is 0 Å². The van der Waals surface area contributed by atoms with Gasteiger partial charge >= 0.3 is 0 Å². The first-order valence-corrected chi connectivity index (χ1v) is 11.1. The lowest BCUT2D eigenvalue weighted by molar-refractivity contribution is -0.140.